The highest BCUT2D eigenvalue weighted by Gasteiger charge is 2.36. The van der Waals surface area contributed by atoms with Crippen molar-refractivity contribution in [1.82, 2.24) is 15.1 Å². The third-order valence-corrected chi connectivity index (χ3v) is 3.89. The zero-order valence-corrected chi connectivity index (χ0v) is 11.8. The van der Waals surface area contributed by atoms with Crippen LogP contribution in [0.3, 0.4) is 0 Å². The van der Waals surface area contributed by atoms with E-state index in [0.717, 1.165) is 36.2 Å². The van der Waals surface area contributed by atoms with Crippen molar-refractivity contribution in [2.24, 2.45) is 13.0 Å². The van der Waals surface area contributed by atoms with Crippen LogP contribution in [0.5, 0.6) is 0 Å². The Kier molecular flexibility index (Phi) is 3.19. The van der Waals surface area contributed by atoms with Crippen LogP contribution in [-0.4, -0.2) is 9.78 Å². The highest BCUT2D eigenvalue weighted by Crippen LogP contribution is 2.47. The second kappa shape index (κ2) is 4.85. The van der Waals surface area contributed by atoms with Crippen molar-refractivity contribution >= 4 is 0 Å². The first-order chi connectivity index (χ1) is 9.13. The van der Waals surface area contributed by atoms with Crippen molar-refractivity contribution in [2.45, 2.75) is 39.3 Å². The molecule has 0 aliphatic heterocycles. The molecule has 0 bridgehead atoms. The van der Waals surface area contributed by atoms with Gasteiger partial charge in [-0.15, -0.1) is 0 Å². The van der Waals surface area contributed by atoms with E-state index >= 15 is 0 Å². The zero-order chi connectivity index (χ0) is 13.4. The van der Waals surface area contributed by atoms with Crippen molar-refractivity contribution in [3.8, 4) is 0 Å². The van der Waals surface area contributed by atoms with Gasteiger partial charge >= 0.3 is 0 Å². The minimum Gasteiger partial charge on any atom is -0.464 e. The number of aromatic nitrogens is 2. The molecule has 102 valence electrons. The molecule has 3 rings (SSSR count). The third kappa shape index (κ3) is 2.73. The van der Waals surface area contributed by atoms with Crippen molar-refractivity contribution in [3.05, 3.63) is 41.1 Å². The Bertz CT molecular complexity index is 570. The number of rotatable bonds is 5. The smallest absolute Gasteiger partial charge is 0.117 e. The fourth-order valence-electron chi connectivity index (χ4n) is 2.55. The van der Waals surface area contributed by atoms with E-state index in [2.05, 4.69) is 35.7 Å². The van der Waals surface area contributed by atoms with Crippen molar-refractivity contribution in [3.63, 3.8) is 0 Å². The minimum atomic E-state index is 0.661. The molecule has 0 radical (unpaired) electrons. The molecule has 1 N–H and O–H groups in total. The van der Waals surface area contributed by atoms with Crippen LogP contribution in [0.4, 0.5) is 0 Å². The summed E-state index contributed by atoms with van der Waals surface area (Å²) in [5.41, 5.74) is 2.33. The van der Waals surface area contributed by atoms with Gasteiger partial charge in [-0.25, -0.2) is 0 Å². The van der Waals surface area contributed by atoms with Gasteiger partial charge in [0.1, 0.15) is 11.5 Å². The summed E-state index contributed by atoms with van der Waals surface area (Å²) < 4.78 is 7.72. The van der Waals surface area contributed by atoms with Crippen LogP contribution >= 0.6 is 0 Å². The first-order valence-electron chi connectivity index (χ1n) is 6.92. The van der Waals surface area contributed by atoms with Crippen molar-refractivity contribution < 1.29 is 4.42 Å². The standard InChI is InChI=1S/C15H21N3O/c1-10-6-14(10)15-5-4-13(19-15)8-16-7-12-9-18(3)17-11(12)2/h4-5,9-10,14,16H,6-8H2,1-3H3. The van der Waals surface area contributed by atoms with Gasteiger partial charge in [0, 0.05) is 31.3 Å². The number of nitrogens with zero attached hydrogens (tertiary/aromatic N) is 2. The molecule has 1 aliphatic carbocycles. The van der Waals surface area contributed by atoms with Crippen molar-refractivity contribution in [1.29, 1.82) is 0 Å². The Hall–Kier alpha value is -1.55. The minimum absolute atomic E-state index is 0.661. The van der Waals surface area contributed by atoms with E-state index in [1.54, 1.807) is 0 Å². The molecule has 4 heteroatoms. The molecule has 2 unspecified atom stereocenters. The number of hydrogen-bond donors (Lipinski definition) is 1. The van der Waals surface area contributed by atoms with Gasteiger partial charge in [0.2, 0.25) is 0 Å². The van der Waals surface area contributed by atoms with Crippen LogP contribution in [0.15, 0.2) is 22.7 Å². The molecule has 19 heavy (non-hydrogen) atoms. The molecule has 1 saturated carbocycles. The summed E-state index contributed by atoms with van der Waals surface area (Å²) in [6.45, 7) is 5.91. The summed E-state index contributed by atoms with van der Waals surface area (Å²) in [6.07, 6.45) is 3.33. The second-order valence-electron chi connectivity index (χ2n) is 5.64. The third-order valence-electron chi connectivity index (χ3n) is 3.89. The Morgan fingerprint density at radius 2 is 2.21 bits per heavy atom. The van der Waals surface area contributed by atoms with Crippen molar-refractivity contribution in [2.75, 3.05) is 0 Å². The quantitative estimate of drug-likeness (QED) is 0.897. The molecule has 0 aromatic carbocycles. The van der Waals surface area contributed by atoms with Gasteiger partial charge < -0.3 is 9.73 Å². The Balaban J connectivity index is 1.52. The van der Waals surface area contributed by atoms with Crippen LogP contribution in [0, 0.1) is 12.8 Å². The second-order valence-corrected chi connectivity index (χ2v) is 5.64. The lowest BCUT2D eigenvalue weighted by Crippen LogP contribution is -2.12. The lowest BCUT2D eigenvalue weighted by molar-refractivity contribution is 0.444. The number of aryl methyl sites for hydroxylation is 2. The molecule has 4 nitrogen and oxygen atoms in total. The number of furan rings is 1. The van der Waals surface area contributed by atoms with E-state index in [-0.39, 0.29) is 0 Å². The SMILES string of the molecule is Cc1nn(C)cc1CNCc1ccc(C2CC2C)o1. The summed E-state index contributed by atoms with van der Waals surface area (Å²) in [5.74, 6) is 3.64. The molecule has 2 aromatic rings. The van der Waals surface area contributed by atoms with E-state index in [9.17, 15) is 0 Å². The molecule has 1 fully saturated rings. The summed E-state index contributed by atoms with van der Waals surface area (Å²) in [4.78, 5) is 0. The summed E-state index contributed by atoms with van der Waals surface area (Å²) >= 11 is 0. The predicted molar refractivity (Wildman–Crippen MR) is 73.7 cm³/mol. The first-order valence-corrected chi connectivity index (χ1v) is 6.92. The monoisotopic (exact) mass is 259 g/mol. The highest BCUT2D eigenvalue weighted by atomic mass is 16.3. The Labute approximate surface area is 113 Å². The topological polar surface area (TPSA) is 43.0 Å². The van der Waals surface area contributed by atoms with Crippen LogP contribution < -0.4 is 5.32 Å². The molecule has 2 aromatic heterocycles. The maximum Gasteiger partial charge on any atom is 0.117 e. The summed E-state index contributed by atoms with van der Waals surface area (Å²) in [7, 11) is 1.95. The lowest BCUT2D eigenvalue weighted by atomic mass is 10.2. The van der Waals surface area contributed by atoms with E-state index in [1.807, 2.05) is 18.7 Å². The zero-order valence-electron chi connectivity index (χ0n) is 11.8. The lowest BCUT2D eigenvalue weighted by Gasteiger charge is -2.01. The average molecular weight is 259 g/mol. The fourth-order valence-corrected chi connectivity index (χ4v) is 2.55. The van der Waals surface area contributed by atoms with E-state index < -0.39 is 0 Å². The summed E-state index contributed by atoms with van der Waals surface area (Å²) in [6, 6.07) is 4.21. The predicted octanol–water partition coefficient (Wildman–Crippen LogP) is 2.73. The number of nitrogens with one attached hydrogen (secondary N) is 1. The van der Waals surface area contributed by atoms with E-state index in [1.165, 1.54) is 12.0 Å². The van der Waals surface area contributed by atoms with Gasteiger partial charge in [0.15, 0.2) is 0 Å². The van der Waals surface area contributed by atoms with Crippen LogP contribution in [0.25, 0.3) is 0 Å². The molecular formula is C15H21N3O. The van der Waals surface area contributed by atoms with Gasteiger partial charge in [0.25, 0.3) is 0 Å². The van der Waals surface area contributed by atoms with E-state index in [4.69, 9.17) is 4.42 Å². The highest BCUT2D eigenvalue weighted by molar-refractivity contribution is 5.18. The number of hydrogen-bond acceptors (Lipinski definition) is 3. The normalized spacial score (nSPS) is 21.8. The van der Waals surface area contributed by atoms with Crippen LogP contribution in [0.1, 0.15) is 42.0 Å². The molecule has 0 amide bonds. The van der Waals surface area contributed by atoms with Crippen LogP contribution in [0.2, 0.25) is 0 Å². The van der Waals surface area contributed by atoms with Gasteiger partial charge in [-0.3, -0.25) is 4.68 Å². The van der Waals surface area contributed by atoms with Gasteiger partial charge in [-0.1, -0.05) is 6.92 Å². The average Bonchev–Trinajstić information content (AvgIpc) is 2.79. The largest absolute Gasteiger partial charge is 0.464 e. The van der Waals surface area contributed by atoms with Gasteiger partial charge in [-0.2, -0.15) is 5.10 Å². The fraction of sp³-hybridized carbons (Fsp3) is 0.533. The van der Waals surface area contributed by atoms with E-state index in [0.29, 0.717) is 5.92 Å². The maximum atomic E-state index is 5.87. The maximum absolute atomic E-state index is 5.87. The molecule has 2 atom stereocenters. The molecular weight excluding hydrogens is 238 g/mol. The summed E-state index contributed by atoms with van der Waals surface area (Å²) in [5, 5.41) is 7.74. The molecule has 2 heterocycles. The first kappa shape index (κ1) is 12.5. The molecule has 1 aliphatic rings. The molecule has 0 saturated heterocycles. The van der Waals surface area contributed by atoms with Gasteiger partial charge in [0.05, 0.1) is 12.2 Å². The Morgan fingerprint density at radius 3 is 2.84 bits per heavy atom. The van der Waals surface area contributed by atoms with Gasteiger partial charge in [-0.05, 0) is 31.4 Å². The van der Waals surface area contributed by atoms with Crippen LogP contribution in [-0.2, 0) is 20.1 Å². The Morgan fingerprint density at radius 1 is 1.42 bits per heavy atom. The molecule has 0 spiro atoms.